The van der Waals surface area contributed by atoms with E-state index >= 15 is 0 Å². The lowest BCUT2D eigenvalue weighted by molar-refractivity contribution is 0.966. The smallest absolute Gasteiger partial charge is 0.00660 e. The molecule has 0 spiro atoms. The first-order valence-corrected chi connectivity index (χ1v) is 6.01. The normalized spacial score (nSPS) is 11.0. The Kier molecular flexibility index (Phi) is 5.57. The van der Waals surface area contributed by atoms with Gasteiger partial charge in [0.1, 0.15) is 0 Å². The fourth-order valence-electron chi connectivity index (χ4n) is 1.35. The Hall–Kier alpha value is -0.600. The monoisotopic (exact) mass is 253 g/mol. The molecule has 0 aliphatic heterocycles. The zero-order valence-electron chi connectivity index (χ0n) is 8.25. The van der Waals surface area contributed by atoms with E-state index in [1.165, 1.54) is 11.1 Å². The molecule has 2 N–H and O–H groups in total. The molecule has 0 saturated heterocycles. The highest BCUT2D eigenvalue weighted by Gasteiger charge is 1.95. The molecule has 0 aromatic heterocycles. The maximum Gasteiger partial charge on any atom is 0.00660 e. The predicted octanol–water partition coefficient (Wildman–Crippen LogP) is 2.99. The predicted molar refractivity (Wildman–Crippen MR) is 66.6 cm³/mol. The van der Waals surface area contributed by atoms with Crippen LogP contribution in [-0.2, 0) is 6.42 Å². The lowest BCUT2D eigenvalue weighted by Crippen LogP contribution is -2.03. The van der Waals surface area contributed by atoms with Gasteiger partial charge in [0.15, 0.2) is 0 Å². The quantitative estimate of drug-likeness (QED) is 0.803. The van der Waals surface area contributed by atoms with Crippen LogP contribution >= 0.6 is 15.9 Å². The standard InChI is InChI=1S/C12H16BrN/c13-9-4-3-7-11-5-1-2-6-12(11)8-10-14/h1-3,5-7H,4,8-10,14H2. The number of rotatable bonds is 5. The molecule has 0 heterocycles. The van der Waals surface area contributed by atoms with E-state index in [-0.39, 0.29) is 0 Å². The summed E-state index contributed by atoms with van der Waals surface area (Å²) in [5, 5.41) is 1.02. The number of hydrogen-bond donors (Lipinski definition) is 1. The van der Waals surface area contributed by atoms with Crippen LogP contribution in [0.25, 0.3) is 6.08 Å². The van der Waals surface area contributed by atoms with E-state index in [0.29, 0.717) is 6.54 Å². The van der Waals surface area contributed by atoms with Crippen LogP contribution in [0.3, 0.4) is 0 Å². The summed E-state index contributed by atoms with van der Waals surface area (Å²) in [5.41, 5.74) is 8.18. The summed E-state index contributed by atoms with van der Waals surface area (Å²) in [5.74, 6) is 0. The van der Waals surface area contributed by atoms with Crippen molar-refractivity contribution in [3.63, 3.8) is 0 Å². The second-order valence-electron chi connectivity index (χ2n) is 3.12. The van der Waals surface area contributed by atoms with Gasteiger partial charge in [-0.1, -0.05) is 52.3 Å². The highest BCUT2D eigenvalue weighted by Crippen LogP contribution is 2.11. The average Bonchev–Trinajstić information content (AvgIpc) is 2.21. The molecule has 0 aliphatic carbocycles. The Balaban J connectivity index is 2.73. The minimum atomic E-state index is 0.712. The lowest BCUT2D eigenvalue weighted by atomic mass is 10.0. The fourth-order valence-corrected chi connectivity index (χ4v) is 1.62. The van der Waals surface area contributed by atoms with E-state index in [0.717, 1.165) is 18.2 Å². The highest BCUT2D eigenvalue weighted by atomic mass is 79.9. The van der Waals surface area contributed by atoms with Crippen LogP contribution < -0.4 is 5.73 Å². The molecule has 0 saturated carbocycles. The summed E-state index contributed by atoms with van der Waals surface area (Å²) in [6.07, 6.45) is 6.38. The van der Waals surface area contributed by atoms with Gasteiger partial charge in [-0.15, -0.1) is 0 Å². The topological polar surface area (TPSA) is 26.0 Å². The third-order valence-electron chi connectivity index (χ3n) is 2.04. The minimum Gasteiger partial charge on any atom is -0.330 e. The third kappa shape index (κ3) is 3.64. The van der Waals surface area contributed by atoms with Crippen LogP contribution in [0.15, 0.2) is 30.3 Å². The Morgan fingerprint density at radius 3 is 2.79 bits per heavy atom. The van der Waals surface area contributed by atoms with Crippen molar-refractivity contribution in [2.24, 2.45) is 5.73 Å². The Labute approximate surface area is 94.1 Å². The molecule has 0 unspecified atom stereocenters. The van der Waals surface area contributed by atoms with Crippen LogP contribution in [0.4, 0.5) is 0 Å². The van der Waals surface area contributed by atoms with Crippen molar-refractivity contribution in [3.8, 4) is 0 Å². The first-order valence-electron chi connectivity index (χ1n) is 4.89. The molecular weight excluding hydrogens is 238 g/mol. The van der Waals surface area contributed by atoms with Crippen molar-refractivity contribution in [1.82, 2.24) is 0 Å². The van der Waals surface area contributed by atoms with Gasteiger partial charge in [0, 0.05) is 5.33 Å². The van der Waals surface area contributed by atoms with Crippen molar-refractivity contribution in [2.75, 3.05) is 11.9 Å². The van der Waals surface area contributed by atoms with Gasteiger partial charge in [0.25, 0.3) is 0 Å². The minimum absolute atomic E-state index is 0.712. The van der Waals surface area contributed by atoms with Crippen molar-refractivity contribution >= 4 is 22.0 Å². The van der Waals surface area contributed by atoms with Gasteiger partial charge in [0.05, 0.1) is 0 Å². The van der Waals surface area contributed by atoms with Gasteiger partial charge in [0.2, 0.25) is 0 Å². The molecule has 0 amide bonds. The molecule has 1 aromatic carbocycles. The van der Waals surface area contributed by atoms with E-state index in [9.17, 15) is 0 Å². The second kappa shape index (κ2) is 6.80. The van der Waals surface area contributed by atoms with Gasteiger partial charge >= 0.3 is 0 Å². The summed E-state index contributed by atoms with van der Waals surface area (Å²) >= 11 is 3.40. The first kappa shape index (κ1) is 11.5. The van der Waals surface area contributed by atoms with E-state index in [1.807, 2.05) is 0 Å². The third-order valence-corrected chi connectivity index (χ3v) is 2.50. The molecule has 1 rings (SSSR count). The lowest BCUT2D eigenvalue weighted by Gasteiger charge is -2.03. The van der Waals surface area contributed by atoms with Crippen LogP contribution in [0.5, 0.6) is 0 Å². The van der Waals surface area contributed by atoms with E-state index in [1.54, 1.807) is 0 Å². The van der Waals surface area contributed by atoms with Crippen LogP contribution in [0, 0.1) is 0 Å². The zero-order valence-corrected chi connectivity index (χ0v) is 9.83. The molecule has 0 fully saturated rings. The number of benzene rings is 1. The summed E-state index contributed by atoms with van der Waals surface area (Å²) < 4.78 is 0. The first-order chi connectivity index (χ1) is 6.88. The number of alkyl halides is 1. The maximum absolute atomic E-state index is 5.55. The van der Waals surface area contributed by atoms with Gasteiger partial charge in [-0.05, 0) is 30.5 Å². The summed E-state index contributed by atoms with van der Waals surface area (Å²) in [6.45, 7) is 0.712. The van der Waals surface area contributed by atoms with Crippen LogP contribution in [-0.4, -0.2) is 11.9 Å². The Morgan fingerprint density at radius 1 is 1.29 bits per heavy atom. The van der Waals surface area contributed by atoms with Crippen molar-refractivity contribution in [2.45, 2.75) is 12.8 Å². The molecule has 0 atom stereocenters. The second-order valence-corrected chi connectivity index (χ2v) is 3.91. The summed E-state index contributed by atoms with van der Waals surface area (Å²) in [4.78, 5) is 0. The van der Waals surface area contributed by atoms with Gasteiger partial charge < -0.3 is 5.73 Å². The largest absolute Gasteiger partial charge is 0.330 e. The molecule has 0 aliphatic rings. The number of nitrogens with two attached hydrogens (primary N) is 1. The molecule has 0 bridgehead atoms. The van der Waals surface area contributed by atoms with Gasteiger partial charge in [-0.25, -0.2) is 0 Å². The average molecular weight is 254 g/mol. The number of halogens is 1. The highest BCUT2D eigenvalue weighted by molar-refractivity contribution is 9.09. The molecular formula is C12H16BrN. The van der Waals surface area contributed by atoms with Gasteiger partial charge in [-0.3, -0.25) is 0 Å². The molecule has 14 heavy (non-hydrogen) atoms. The number of hydrogen-bond acceptors (Lipinski definition) is 1. The Bertz CT molecular complexity index is 294. The number of allylic oxidation sites excluding steroid dienone is 1. The van der Waals surface area contributed by atoms with Crippen LogP contribution in [0.1, 0.15) is 17.5 Å². The fraction of sp³-hybridized carbons (Fsp3) is 0.333. The maximum atomic E-state index is 5.55. The van der Waals surface area contributed by atoms with Crippen molar-refractivity contribution in [3.05, 3.63) is 41.5 Å². The SMILES string of the molecule is NCCc1ccccc1C=CCCBr. The molecule has 2 heteroatoms. The summed E-state index contributed by atoms with van der Waals surface area (Å²) in [6, 6.07) is 8.40. The van der Waals surface area contributed by atoms with E-state index < -0.39 is 0 Å². The van der Waals surface area contributed by atoms with Crippen molar-refractivity contribution in [1.29, 1.82) is 0 Å². The van der Waals surface area contributed by atoms with Crippen LogP contribution in [0.2, 0.25) is 0 Å². The molecule has 1 aromatic rings. The van der Waals surface area contributed by atoms with Crippen molar-refractivity contribution < 1.29 is 0 Å². The molecule has 0 radical (unpaired) electrons. The van der Waals surface area contributed by atoms with E-state index in [4.69, 9.17) is 5.73 Å². The Morgan fingerprint density at radius 2 is 2.07 bits per heavy atom. The zero-order chi connectivity index (χ0) is 10.2. The molecule has 1 nitrogen and oxygen atoms in total. The summed E-state index contributed by atoms with van der Waals surface area (Å²) in [7, 11) is 0. The van der Waals surface area contributed by atoms with Gasteiger partial charge in [-0.2, -0.15) is 0 Å². The van der Waals surface area contributed by atoms with E-state index in [2.05, 4.69) is 52.3 Å². The molecule has 76 valence electrons.